The highest BCUT2D eigenvalue weighted by molar-refractivity contribution is 8.18. The van der Waals surface area contributed by atoms with E-state index < -0.39 is 0 Å². The first-order valence-corrected chi connectivity index (χ1v) is 7.11. The van der Waals surface area contributed by atoms with E-state index in [4.69, 9.17) is 21.1 Å². The molecule has 0 atom stereocenters. The van der Waals surface area contributed by atoms with Gasteiger partial charge in [-0.05, 0) is 29.5 Å². The van der Waals surface area contributed by atoms with Crippen molar-refractivity contribution in [3.05, 3.63) is 27.6 Å². The number of aliphatic imine (C=N–C) groups is 1. The fourth-order valence-electron chi connectivity index (χ4n) is 1.81. The number of carbonyl (C=O) groups excluding carboxylic acids is 2. The van der Waals surface area contributed by atoms with Crippen molar-refractivity contribution in [3.63, 3.8) is 0 Å². The first-order valence-electron chi connectivity index (χ1n) is 5.92. The van der Waals surface area contributed by atoms with E-state index >= 15 is 0 Å². The highest BCUT2D eigenvalue weighted by Gasteiger charge is 2.25. The number of nitrogens with one attached hydrogen (secondary N) is 1. The third-order valence-electron chi connectivity index (χ3n) is 2.69. The van der Waals surface area contributed by atoms with Crippen molar-refractivity contribution < 1.29 is 19.1 Å². The van der Waals surface area contributed by atoms with Crippen LogP contribution in [0.3, 0.4) is 0 Å². The summed E-state index contributed by atoms with van der Waals surface area (Å²) in [6.07, 6.45) is 1.62. The van der Waals surface area contributed by atoms with Gasteiger partial charge in [-0.25, -0.2) is 0 Å². The van der Waals surface area contributed by atoms with Crippen LogP contribution in [0.5, 0.6) is 11.5 Å². The average Bonchev–Trinajstić information content (AvgIpc) is 2.96. The Morgan fingerprint density at radius 2 is 2.14 bits per heavy atom. The number of hydrogen-bond donors (Lipinski definition) is 1. The molecule has 1 aromatic rings. The summed E-state index contributed by atoms with van der Waals surface area (Å²) in [6.45, 7) is 1.46. The van der Waals surface area contributed by atoms with Crippen LogP contribution in [0.2, 0.25) is 5.02 Å². The number of fused-ring (bicyclic) bond motifs is 1. The monoisotopic (exact) mass is 324 g/mol. The first kappa shape index (κ1) is 14.0. The number of nitrogens with zero attached hydrogens (tertiary/aromatic N) is 1. The topological polar surface area (TPSA) is 77.0 Å². The Labute approximate surface area is 129 Å². The van der Waals surface area contributed by atoms with Crippen LogP contribution in [0.4, 0.5) is 0 Å². The fourth-order valence-corrected chi connectivity index (χ4v) is 2.87. The zero-order valence-corrected chi connectivity index (χ0v) is 12.4. The molecule has 108 valence electrons. The zero-order chi connectivity index (χ0) is 15.0. The highest BCUT2D eigenvalue weighted by Crippen LogP contribution is 2.38. The summed E-state index contributed by atoms with van der Waals surface area (Å²) in [5.74, 6) is 0.450. The van der Waals surface area contributed by atoms with Crippen LogP contribution in [-0.4, -0.2) is 23.8 Å². The van der Waals surface area contributed by atoms with E-state index in [1.54, 1.807) is 18.2 Å². The van der Waals surface area contributed by atoms with E-state index in [2.05, 4.69) is 10.3 Å². The zero-order valence-electron chi connectivity index (χ0n) is 10.8. The molecule has 6 nitrogen and oxygen atoms in total. The molecule has 1 aromatic carbocycles. The van der Waals surface area contributed by atoms with Gasteiger partial charge in [0.25, 0.3) is 5.91 Å². The number of benzene rings is 1. The van der Waals surface area contributed by atoms with Gasteiger partial charge in [-0.3, -0.25) is 9.59 Å². The Kier molecular flexibility index (Phi) is 3.60. The van der Waals surface area contributed by atoms with Crippen molar-refractivity contribution in [1.29, 1.82) is 0 Å². The summed E-state index contributed by atoms with van der Waals surface area (Å²) in [5, 5.41) is 3.21. The normalized spacial score (nSPS) is 20.2. The smallest absolute Gasteiger partial charge is 0.264 e. The predicted octanol–water partition coefficient (Wildman–Crippen LogP) is 2.18. The van der Waals surface area contributed by atoms with Gasteiger partial charge in [0.1, 0.15) is 0 Å². The Morgan fingerprint density at radius 1 is 1.43 bits per heavy atom. The molecule has 0 unspecified atom stereocenters. The van der Waals surface area contributed by atoms with E-state index in [9.17, 15) is 9.59 Å². The van der Waals surface area contributed by atoms with Crippen molar-refractivity contribution in [2.75, 3.05) is 6.79 Å². The number of amidine groups is 1. The molecule has 0 spiro atoms. The molecule has 0 aliphatic carbocycles. The SMILES string of the molecule is CC(=O)/N=C1\NC(=O)/C(=C/c2cc3c(cc2Cl)OCO3)S1. The molecule has 2 amide bonds. The van der Waals surface area contributed by atoms with Crippen molar-refractivity contribution >= 4 is 46.4 Å². The van der Waals surface area contributed by atoms with Gasteiger partial charge in [-0.1, -0.05) is 11.6 Å². The quantitative estimate of drug-likeness (QED) is 0.801. The minimum absolute atomic E-state index is 0.149. The maximum Gasteiger partial charge on any atom is 0.264 e. The van der Waals surface area contributed by atoms with Gasteiger partial charge in [-0.2, -0.15) is 4.99 Å². The van der Waals surface area contributed by atoms with Gasteiger partial charge in [0, 0.05) is 13.0 Å². The van der Waals surface area contributed by atoms with Gasteiger partial charge in [0.05, 0.1) is 9.93 Å². The van der Waals surface area contributed by atoms with Crippen LogP contribution in [0.25, 0.3) is 6.08 Å². The third kappa shape index (κ3) is 2.88. The van der Waals surface area contributed by atoms with Gasteiger partial charge >= 0.3 is 0 Å². The molecule has 1 N–H and O–H groups in total. The number of hydrogen-bond acceptors (Lipinski definition) is 5. The number of amides is 2. The average molecular weight is 325 g/mol. The summed E-state index contributed by atoms with van der Waals surface area (Å²) in [6, 6.07) is 3.34. The molecule has 8 heteroatoms. The van der Waals surface area contributed by atoms with Crippen LogP contribution in [0, 0.1) is 0 Å². The maximum absolute atomic E-state index is 11.8. The molecule has 21 heavy (non-hydrogen) atoms. The highest BCUT2D eigenvalue weighted by atomic mass is 35.5. The summed E-state index contributed by atoms with van der Waals surface area (Å²) in [4.78, 5) is 26.8. The molecule has 2 heterocycles. The van der Waals surface area contributed by atoms with E-state index in [-0.39, 0.29) is 23.8 Å². The van der Waals surface area contributed by atoms with Gasteiger partial charge in [0.15, 0.2) is 16.7 Å². The maximum atomic E-state index is 11.8. The van der Waals surface area contributed by atoms with Crippen molar-refractivity contribution in [1.82, 2.24) is 5.32 Å². The number of ether oxygens (including phenoxy) is 2. The van der Waals surface area contributed by atoms with Gasteiger partial charge < -0.3 is 14.8 Å². The van der Waals surface area contributed by atoms with Crippen molar-refractivity contribution in [2.45, 2.75) is 6.92 Å². The molecule has 0 saturated carbocycles. The Balaban J connectivity index is 1.92. The second-order valence-corrected chi connectivity index (χ2v) is 5.67. The second-order valence-electron chi connectivity index (χ2n) is 4.23. The minimum Gasteiger partial charge on any atom is -0.454 e. The van der Waals surface area contributed by atoms with Gasteiger partial charge in [-0.15, -0.1) is 0 Å². The lowest BCUT2D eigenvalue weighted by atomic mass is 10.2. The molecule has 0 aromatic heterocycles. The molecule has 2 aliphatic heterocycles. The van der Waals surface area contributed by atoms with Gasteiger partial charge in [0.2, 0.25) is 12.7 Å². The van der Waals surface area contributed by atoms with E-state index in [1.807, 2.05) is 0 Å². The van der Waals surface area contributed by atoms with Crippen molar-refractivity contribution in [3.8, 4) is 11.5 Å². The van der Waals surface area contributed by atoms with E-state index in [0.717, 1.165) is 11.8 Å². The number of rotatable bonds is 1. The Hall–Kier alpha value is -1.99. The van der Waals surface area contributed by atoms with Crippen LogP contribution < -0.4 is 14.8 Å². The van der Waals surface area contributed by atoms with Crippen molar-refractivity contribution in [2.24, 2.45) is 4.99 Å². The Bertz CT molecular complexity index is 714. The number of carbonyl (C=O) groups is 2. The molecule has 2 aliphatic rings. The van der Waals surface area contributed by atoms with E-state index in [1.165, 1.54) is 6.92 Å². The predicted molar refractivity (Wildman–Crippen MR) is 79.4 cm³/mol. The molecular weight excluding hydrogens is 316 g/mol. The lowest BCUT2D eigenvalue weighted by molar-refractivity contribution is -0.115. The lowest BCUT2D eigenvalue weighted by Crippen LogP contribution is -2.20. The van der Waals surface area contributed by atoms with Crippen LogP contribution in [0.15, 0.2) is 22.0 Å². The van der Waals surface area contributed by atoms with Crippen LogP contribution in [0.1, 0.15) is 12.5 Å². The molecular formula is C13H9ClN2O4S. The second kappa shape index (κ2) is 5.42. The molecule has 0 bridgehead atoms. The third-order valence-corrected chi connectivity index (χ3v) is 3.93. The minimum atomic E-state index is -0.375. The standard InChI is InChI=1S/C13H9ClN2O4S/c1-6(17)15-13-16-12(18)11(21-13)3-7-2-9-10(4-8(7)14)20-5-19-9/h2-4H,5H2,1H3,(H,15,16,17,18)/b11-3-. The largest absolute Gasteiger partial charge is 0.454 e. The molecule has 1 saturated heterocycles. The molecule has 3 rings (SSSR count). The summed E-state index contributed by atoms with van der Waals surface area (Å²) in [7, 11) is 0. The molecule has 0 radical (unpaired) electrons. The number of thioether (sulfide) groups is 1. The summed E-state index contributed by atoms with van der Waals surface area (Å²) >= 11 is 7.23. The summed E-state index contributed by atoms with van der Waals surface area (Å²) in [5.41, 5.74) is 0.627. The first-order chi connectivity index (χ1) is 10.0. The Morgan fingerprint density at radius 3 is 2.86 bits per heavy atom. The lowest BCUT2D eigenvalue weighted by Gasteiger charge is -2.02. The molecule has 1 fully saturated rings. The fraction of sp³-hybridized carbons (Fsp3) is 0.154. The van der Waals surface area contributed by atoms with Crippen LogP contribution in [-0.2, 0) is 9.59 Å². The summed E-state index contributed by atoms with van der Waals surface area (Å²) < 4.78 is 10.5. The number of halogens is 1. The van der Waals surface area contributed by atoms with E-state index in [0.29, 0.717) is 27.0 Å². The van der Waals surface area contributed by atoms with Crippen LogP contribution >= 0.6 is 23.4 Å².